The normalized spacial score (nSPS) is 17.4. The molecule has 1 unspecified atom stereocenters. The number of nitrogens with one attached hydrogen (secondary N) is 1. The van der Waals surface area contributed by atoms with E-state index in [1.54, 1.807) is 25.3 Å². The first kappa shape index (κ1) is 14.5. The maximum absolute atomic E-state index is 12.1. The molecular formula is C13H20N2O3S. The summed E-state index contributed by atoms with van der Waals surface area (Å²) in [5.41, 5.74) is 6.73. The van der Waals surface area contributed by atoms with E-state index in [4.69, 9.17) is 10.5 Å². The van der Waals surface area contributed by atoms with Gasteiger partial charge in [0.25, 0.3) is 0 Å². The Morgan fingerprint density at radius 3 is 2.84 bits per heavy atom. The maximum Gasteiger partial charge on any atom is 0.240 e. The van der Waals surface area contributed by atoms with Crippen LogP contribution >= 0.6 is 0 Å². The molecule has 1 fully saturated rings. The minimum atomic E-state index is -3.49. The summed E-state index contributed by atoms with van der Waals surface area (Å²) in [5.74, 6) is 0.475. The molecule has 0 radical (unpaired) electrons. The van der Waals surface area contributed by atoms with Crippen LogP contribution in [-0.4, -0.2) is 28.1 Å². The van der Waals surface area contributed by atoms with Crippen molar-refractivity contribution in [1.82, 2.24) is 4.72 Å². The van der Waals surface area contributed by atoms with Gasteiger partial charge in [0.2, 0.25) is 10.0 Å². The van der Waals surface area contributed by atoms with Crippen LogP contribution in [0.4, 0.5) is 0 Å². The maximum atomic E-state index is 12.1. The molecule has 6 heteroatoms. The molecule has 0 heterocycles. The monoisotopic (exact) mass is 284 g/mol. The molecule has 5 nitrogen and oxygen atoms in total. The summed E-state index contributed by atoms with van der Waals surface area (Å²) in [4.78, 5) is 0.255. The molecule has 1 aromatic rings. The quantitative estimate of drug-likeness (QED) is 0.777. The first-order valence-corrected chi connectivity index (χ1v) is 7.84. The number of hydrogen-bond acceptors (Lipinski definition) is 4. The van der Waals surface area contributed by atoms with Crippen molar-refractivity contribution in [3.8, 4) is 0 Å². The fourth-order valence-corrected chi connectivity index (χ4v) is 3.09. The Bertz CT molecular complexity index is 526. The molecule has 1 aromatic carbocycles. The third-order valence-corrected chi connectivity index (χ3v) is 4.68. The molecule has 0 spiro atoms. The van der Waals surface area contributed by atoms with Gasteiger partial charge in [-0.3, -0.25) is 0 Å². The van der Waals surface area contributed by atoms with Crippen LogP contribution < -0.4 is 10.5 Å². The van der Waals surface area contributed by atoms with Gasteiger partial charge in [-0.1, -0.05) is 12.1 Å². The third kappa shape index (κ3) is 4.01. The Balaban J connectivity index is 2.03. The summed E-state index contributed by atoms with van der Waals surface area (Å²) in [6.45, 7) is 0.687. The van der Waals surface area contributed by atoms with Gasteiger partial charge in [-0.2, -0.15) is 0 Å². The molecular weight excluding hydrogens is 264 g/mol. The average molecular weight is 284 g/mol. The number of rotatable bonds is 7. The number of nitrogens with two attached hydrogens (primary N) is 1. The van der Waals surface area contributed by atoms with Gasteiger partial charge in [0.15, 0.2) is 0 Å². The van der Waals surface area contributed by atoms with Gasteiger partial charge in [0.05, 0.1) is 11.5 Å². The van der Waals surface area contributed by atoms with E-state index < -0.39 is 10.0 Å². The van der Waals surface area contributed by atoms with E-state index >= 15 is 0 Å². The molecule has 106 valence electrons. The van der Waals surface area contributed by atoms with Crippen LogP contribution in [0.15, 0.2) is 29.2 Å². The summed E-state index contributed by atoms with van der Waals surface area (Å²) in [5, 5.41) is 0. The summed E-state index contributed by atoms with van der Waals surface area (Å²) < 4.78 is 31.8. The van der Waals surface area contributed by atoms with Crippen LogP contribution in [0.25, 0.3) is 0 Å². The van der Waals surface area contributed by atoms with Gasteiger partial charge < -0.3 is 10.5 Å². The minimum absolute atomic E-state index is 0.0862. The van der Waals surface area contributed by atoms with Crippen LogP contribution in [0.1, 0.15) is 18.4 Å². The second-order valence-electron chi connectivity index (χ2n) is 4.93. The molecule has 3 N–H and O–H groups in total. The summed E-state index contributed by atoms with van der Waals surface area (Å²) in [6.07, 6.45) is 2.21. The molecule has 19 heavy (non-hydrogen) atoms. The van der Waals surface area contributed by atoms with E-state index in [0.29, 0.717) is 19.1 Å². The molecule has 1 atom stereocenters. The molecule has 0 saturated heterocycles. The van der Waals surface area contributed by atoms with Gasteiger partial charge in [0.1, 0.15) is 0 Å². The number of benzene rings is 1. The smallest absolute Gasteiger partial charge is 0.240 e. The first-order valence-electron chi connectivity index (χ1n) is 6.36. The van der Waals surface area contributed by atoms with Crippen molar-refractivity contribution in [3.05, 3.63) is 29.8 Å². The zero-order valence-corrected chi connectivity index (χ0v) is 11.8. The highest BCUT2D eigenvalue weighted by Crippen LogP contribution is 2.31. The average Bonchev–Trinajstić information content (AvgIpc) is 3.21. The Labute approximate surface area is 114 Å². The van der Waals surface area contributed by atoms with Gasteiger partial charge in [-0.05, 0) is 36.5 Å². The lowest BCUT2D eigenvalue weighted by Crippen LogP contribution is -2.38. The fourth-order valence-electron chi connectivity index (χ4n) is 1.95. The van der Waals surface area contributed by atoms with Crippen molar-refractivity contribution in [1.29, 1.82) is 0 Å². The topological polar surface area (TPSA) is 81.4 Å². The van der Waals surface area contributed by atoms with E-state index in [2.05, 4.69) is 4.72 Å². The standard InChI is InChI=1S/C13H20N2O3S/c1-18-9-10-3-2-4-12(7-10)19(16,17)15-8-13(14)11-5-6-11/h2-4,7,11,13,15H,5-6,8-9,14H2,1H3. The van der Waals surface area contributed by atoms with E-state index in [9.17, 15) is 8.42 Å². The molecule has 1 aliphatic carbocycles. The lowest BCUT2D eigenvalue weighted by molar-refractivity contribution is 0.184. The third-order valence-electron chi connectivity index (χ3n) is 3.26. The molecule has 0 amide bonds. The van der Waals surface area contributed by atoms with Crippen LogP contribution in [0.2, 0.25) is 0 Å². The molecule has 0 bridgehead atoms. The van der Waals surface area contributed by atoms with E-state index in [0.717, 1.165) is 18.4 Å². The van der Waals surface area contributed by atoms with Crippen molar-refractivity contribution in [2.75, 3.05) is 13.7 Å². The van der Waals surface area contributed by atoms with Crippen LogP contribution in [0.5, 0.6) is 0 Å². The minimum Gasteiger partial charge on any atom is -0.380 e. The van der Waals surface area contributed by atoms with Gasteiger partial charge in [-0.15, -0.1) is 0 Å². The molecule has 1 aliphatic rings. The van der Waals surface area contributed by atoms with E-state index in [1.807, 2.05) is 6.07 Å². The number of sulfonamides is 1. The fraction of sp³-hybridized carbons (Fsp3) is 0.538. The Morgan fingerprint density at radius 2 is 2.21 bits per heavy atom. The Kier molecular flexibility index (Phi) is 4.57. The van der Waals surface area contributed by atoms with Crippen LogP contribution in [-0.2, 0) is 21.4 Å². The van der Waals surface area contributed by atoms with Gasteiger partial charge in [0, 0.05) is 19.7 Å². The van der Waals surface area contributed by atoms with Crippen molar-refractivity contribution in [3.63, 3.8) is 0 Å². The predicted octanol–water partition coefficient (Wildman–Crippen LogP) is 0.849. The van der Waals surface area contributed by atoms with E-state index in [1.165, 1.54) is 0 Å². The van der Waals surface area contributed by atoms with Crippen molar-refractivity contribution >= 4 is 10.0 Å². The van der Waals surface area contributed by atoms with Gasteiger partial charge in [-0.25, -0.2) is 13.1 Å². The molecule has 1 saturated carbocycles. The number of hydrogen-bond donors (Lipinski definition) is 2. The second kappa shape index (κ2) is 6.00. The lowest BCUT2D eigenvalue weighted by atomic mass is 10.2. The number of ether oxygens (including phenoxy) is 1. The highest BCUT2D eigenvalue weighted by atomic mass is 32.2. The van der Waals surface area contributed by atoms with Crippen LogP contribution in [0, 0.1) is 5.92 Å². The van der Waals surface area contributed by atoms with Crippen LogP contribution in [0.3, 0.4) is 0 Å². The number of methoxy groups -OCH3 is 1. The molecule has 0 aromatic heterocycles. The van der Waals surface area contributed by atoms with Crippen molar-refractivity contribution in [2.45, 2.75) is 30.4 Å². The first-order chi connectivity index (χ1) is 9.03. The summed E-state index contributed by atoms with van der Waals surface area (Å²) in [6, 6.07) is 6.65. The second-order valence-corrected chi connectivity index (χ2v) is 6.70. The zero-order valence-electron chi connectivity index (χ0n) is 11.0. The van der Waals surface area contributed by atoms with E-state index in [-0.39, 0.29) is 10.9 Å². The van der Waals surface area contributed by atoms with Gasteiger partial charge >= 0.3 is 0 Å². The largest absolute Gasteiger partial charge is 0.380 e. The van der Waals surface area contributed by atoms with Crippen molar-refractivity contribution in [2.24, 2.45) is 11.7 Å². The summed E-state index contributed by atoms with van der Waals surface area (Å²) in [7, 11) is -1.91. The zero-order chi connectivity index (χ0) is 13.9. The highest BCUT2D eigenvalue weighted by molar-refractivity contribution is 7.89. The molecule has 2 rings (SSSR count). The van der Waals surface area contributed by atoms with Crippen molar-refractivity contribution < 1.29 is 13.2 Å². The highest BCUT2D eigenvalue weighted by Gasteiger charge is 2.29. The Hall–Kier alpha value is -0.950. The predicted molar refractivity (Wildman–Crippen MR) is 73.0 cm³/mol. The Morgan fingerprint density at radius 1 is 1.47 bits per heavy atom. The SMILES string of the molecule is COCc1cccc(S(=O)(=O)NCC(N)C2CC2)c1. The summed E-state index contributed by atoms with van der Waals surface area (Å²) >= 11 is 0. The lowest BCUT2D eigenvalue weighted by Gasteiger charge is -2.12. The molecule has 0 aliphatic heterocycles.